The summed E-state index contributed by atoms with van der Waals surface area (Å²) in [5, 5.41) is 0. The zero-order chi connectivity index (χ0) is 16.5. The lowest BCUT2D eigenvalue weighted by molar-refractivity contribution is -0.137. The monoisotopic (exact) mass is 415 g/mol. The van der Waals surface area contributed by atoms with Gasteiger partial charge in [0.05, 0.1) is 22.1 Å². The van der Waals surface area contributed by atoms with Crippen molar-refractivity contribution in [1.29, 1.82) is 0 Å². The Balaban J connectivity index is 2.43. The number of thiophene rings is 1. The molecule has 0 bridgehead atoms. The minimum atomic E-state index is -4.58. The Morgan fingerprint density at radius 3 is 2.41 bits per heavy atom. The Hall–Kier alpha value is -1.26. The van der Waals surface area contributed by atoms with Crippen molar-refractivity contribution in [1.82, 2.24) is 0 Å². The molecule has 1 heterocycles. The molecule has 0 aliphatic carbocycles. The van der Waals surface area contributed by atoms with E-state index in [0.29, 0.717) is 9.85 Å². The zero-order valence-corrected chi connectivity index (χ0v) is 14.2. The van der Waals surface area contributed by atoms with Crippen LogP contribution in [0.3, 0.4) is 0 Å². The van der Waals surface area contributed by atoms with Crippen LogP contribution in [0, 0.1) is 0 Å². The fraction of sp³-hybridized carbons (Fsp3) is 0.167. The third-order valence-corrected chi connectivity index (χ3v) is 6.07. The molecule has 0 spiro atoms. The highest BCUT2D eigenvalue weighted by Crippen LogP contribution is 2.36. The molecule has 0 radical (unpaired) electrons. The first-order valence-electron chi connectivity index (χ1n) is 5.67. The molecule has 22 heavy (non-hydrogen) atoms. The van der Waals surface area contributed by atoms with Gasteiger partial charge in [0.1, 0.15) is 9.96 Å². The van der Waals surface area contributed by atoms with Gasteiger partial charge in [0.2, 0.25) is 0 Å². The smallest absolute Gasteiger partial charge is 0.416 e. The van der Waals surface area contributed by atoms with Crippen molar-refractivity contribution in [3.05, 3.63) is 39.7 Å². The van der Waals surface area contributed by atoms with Crippen molar-refractivity contribution in [2.45, 2.75) is 10.4 Å². The standard InChI is InChI=1S/C12H9BrF3NO3S2/c1-20-9-3-2-7(12(14,15)16)6-8(9)17-22(18,19)11-5-4-10(13)21-11/h2-6,17H,1H3. The highest BCUT2D eigenvalue weighted by atomic mass is 79.9. The van der Waals surface area contributed by atoms with Gasteiger partial charge in [0.25, 0.3) is 10.0 Å². The fourth-order valence-electron chi connectivity index (χ4n) is 1.60. The summed E-state index contributed by atoms with van der Waals surface area (Å²) in [5.41, 5.74) is -1.25. The third kappa shape index (κ3) is 3.73. The summed E-state index contributed by atoms with van der Waals surface area (Å²) < 4.78 is 70.2. The quantitative estimate of drug-likeness (QED) is 0.807. The van der Waals surface area contributed by atoms with Crippen LogP contribution in [0.2, 0.25) is 0 Å². The summed E-state index contributed by atoms with van der Waals surface area (Å²) in [6, 6.07) is 5.45. The molecule has 0 aliphatic rings. The maximum atomic E-state index is 12.7. The summed E-state index contributed by atoms with van der Waals surface area (Å²) in [5.74, 6) is -0.00723. The molecule has 0 fully saturated rings. The molecule has 0 atom stereocenters. The van der Waals surface area contributed by atoms with Crippen molar-refractivity contribution < 1.29 is 26.3 Å². The summed E-state index contributed by atoms with van der Waals surface area (Å²) in [4.78, 5) is 0. The number of sulfonamides is 1. The van der Waals surface area contributed by atoms with Gasteiger partial charge in [-0.3, -0.25) is 4.72 Å². The highest BCUT2D eigenvalue weighted by molar-refractivity contribution is 9.11. The lowest BCUT2D eigenvalue weighted by Gasteiger charge is -2.14. The van der Waals surface area contributed by atoms with Crippen molar-refractivity contribution in [2.24, 2.45) is 0 Å². The van der Waals surface area contributed by atoms with E-state index in [2.05, 4.69) is 20.7 Å². The number of hydrogen-bond donors (Lipinski definition) is 1. The van der Waals surface area contributed by atoms with Crippen LogP contribution in [0.4, 0.5) is 18.9 Å². The second kappa shape index (κ2) is 6.09. The predicted octanol–water partition coefficient (Wildman–Crippen LogP) is 4.34. The molecule has 2 rings (SSSR count). The van der Waals surface area contributed by atoms with Crippen LogP contribution in [-0.4, -0.2) is 15.5 Å². The van der Waals surface area contributed by atoms with Gasteiger partial charge >= 0.3 is 6.18 Å². The topological polar surface area (TPSA) is 55.4 Å². The molecular formula is C12H9BrF3NO3S2. The number of anilines is 1. The molecule has 0 amide bonds. The van der Waals surface area contributed by atoms with Crippen molar-refractivity contribution in [2.75, 3.05) is 11.8 Å². The van der Waals surface area contributed by atoms with Gasteiger partial charge < -0.3 is 4.74 Å². The maximum Gasteiger partial charge on any atom is 0.416 e. The SMILES string of the molecule is COc1ccc(C(F)(F)F)cc1NS(=O)(=O)c1ccc(Br)s1. The van der Waals surface area contributed by atoms with Gasteiger partial charge in [0.15, 0.2) is 0 Å². The molecule has 1 N–H and O–H groups in total. The van der Waals surface area contributed by atoms with Gasteiger partial charge in [-0.25, -0.2) is 8.42 Å². The number of methoxy groups -OCH3 is 1. The van der Waals surface area contributed by atoms with Crippen LogP contribution >= 0.6 is 27.3 Å². The molecule has 0 saturated carbocycles. The number of halogens is 4. The summed E-state index contributed by atoms with van der Waals surface area (Å²) >= 11 is 4.07. The molecule has 0 saturated heterocycles. The Morgan fingerprint density at radius 2 is 1.91 bits per heavy atom. The van der Waals surface area contributed by atoms with E-state index >= 15 is 0 Å². The second-order valence-corrected chi connectivity index (χ2v) is 8.45. The Bertz CT molecular complexity index is 787. The van der Waals surface area contributed by atoms with Crippen LogP contribution < -0.4 is 9.46 Å². The number of alkyl halides is 3. The van der Waals surface area contributed by atoms with Crippen LogP contribution in [0.25, 0.3) is 0 Å². The minimum absolute atomic E-state index is 0.00723. The van der Waals surface area contributed by atoms with Gasteiger partial charge in [0, 0.05) is 0 Å². The van der Waals surface area contributed by atoms with Gasteiger partial charge in [-0.2, -0.15) is 13.2 Å². The largest absolute Gasteiger partial charge is 0.495 e. The number of ether oxygens (including phenoxy) is 1. The zero-order valence-electron chi connectivity index (χ0n) is 10.9. The van der Waals surface area contributed by atoms with Crippen molar-refractivity contribution >= 4 is 43.0 Å². The lowest BCUT2D eigenvalue weighted by Crippen LogP contribution is -2.13. The van der Waals surface area contributed by atoms with Crippen LogP contribution in [0.5, 0.6) is 5.75 Å². The maximum absolute atomic E-state index is 12.7. The first-order chi connectivity index (χ1) is 10.1. The number of hydrogen-bond acceptors (Lipinski definition) is 4. The summed E-state index contributed by atoms with van der Waals surface area (Å²) in [6.07, 6.45) is -4.58. The van der Waals surface area contributed by atoms with E-state index in [9.17, 15) is 21.6 Å². The molecule has 120 valence electrons. The van der Waals surface area contributed by atoms with Crippen LogP contribution in [0.15, 0.2) is 38.3 Å². The van der Waals surface area contributed by atoms with Crippen LogP contribution in [-0.2, 0) is 16.2 Å². The lowest BCUT2D eigenvalue weighted by atomic mass is 10.2. The van der Waals surface area contributed by atoms with Crippen LogP contribution in [0.1, 0.15) is 5.56 Å². The van der Waals surface area contributed by atoms with E-state index in [0.717, 1.165) is 23.5 Å². The van der Waals surface area contributed by atoms with Gasteiger partial charge in [-0.1, -0.05) is 0 Å². The Labute approximate surface area is 137 Å². The van der Waals surface area contributed by atoms with E-state index in [4.69, 9.17) is 4.74 Å². The van der Waals surface area contributed by atoms with E-state index in [1.54, 1.807) is 0 Å². The molecule has 2 aromatic rings. The van der Waals surface area contributed by atoms with Crippen molar-refractivity contribution in [3.63, 3.8) is 0 Å². The van der Waals surface area contributed by atoms with Gasteiger partial charge in [-0.15, -0.1) is 11.3 Å². The van der Waals surface area contributed by atoms with E-state index in [1.807, 2.05) is 0 Å². The Kier molecular flexibility index (Phi) is 4.73. The third-order valence-electron chi connectivity index (χ3n) is 2.58. The average Bonchev–Trinajstić information content (AvgIpc) is 2.85. The molecule has 4 nitrogen and oxygen atoms in total. The minimum Gasteiger partial charge on any atom is -0.495 e. The molecule has 10 heteroatoms. The first-order valence-corrected chi connectivity index (χ1v) is 8.76. The highest BCUT2D eigenvalue weighted by Gasteiger charge is 2.32. The molecule has 1 aromatic carbocycles. The average molecular weight is 416 g/mol. The predicted molar refractivity (Wildman–Crippen MR) is 80.8 cm³/mol. The number of nitrogens with one attached hydrogen (secondary N) is 1. The van der Waals surface area contributed by atoms with E-state index in [-0.39, 0.29) is 15.6 Å². The Morgan fingerprint density at radius 1 is 1.23 bits per heavy atom. The molecular weight excluding hydrogens is 407 g/mol. The fourth-order valence-corrected chi connectivity index (χ4v) is 4.67. The van der Waals surface area contributed by atoms with Gasteiger partial charge in [-0.05, 0) is 46.3 Å². The normalized spacial score (nSPS) is 12.2. The molecule has 1 aromatic heterocycles. The van der Waals surface area contributed by atoms with Crippen molar-refractivity contribution in [3.8, 4) is 5.75 Å². The second-order valence-electron chi connectivity index (χ2n) is 4.08. The number of benzene rings is 1. The van der Waals surface area contributed by atoms with E-state index < -0.39 is 21.8 Å². The number of rotatable bonds is 4. The summed E-state index contributed by atoms with van der Waals surface area (Å²) in [6.45, 7) is 0. The van der Waals surface area contributed by atoms with E-state index in [1.165, 1.54) is 19.2 Å². The molecule has 0 unspecified atom stereocenters. The summed E-state index contributed by atoms with van der Waals surface area (Å²) in [7, 11) is -2.76. The first kappa shape index (κ1) is 17.1. The molecule has 0 aliphatic heterocycles.